The molecular formula is C22H33N3O2. The van der Waals surface area contributed by atoms with E-state index in [-0.39, 0.29) is 17.7 Å². The van der Waals surface area contributed by atoms with Gasteiger partial charge < -0.3 is 16.0 Å². The molecule has 0 bridgehead atoms. The van der Waals surface area contributed by atoms with Gasteiger partial charge in [-0.2, -0.15) is 0 Å². The minimum absolute atomic E-state index is 0.0800. The Hall–Kier alpha value is -1.88. The van der Waals surface area contributed by atoms with Crippen LogP contribution in [0.5, 0.6) is 0 Å². The molecule has 148 valence electrons. The number of nitrogens with two attached hydrogens (primary N) is 1. The Morgan fingerprint density at radius 1 is 1.11 bits per heavy atom. The van der Waals surface area contributed by atoms with Crippen LogP contribution in [-0.2, 0) is 16.1 Å². The Morgan fingerprint density at radius 3 is 2.56 bits per heavy atom. The molecule has 0 unspecified atom stereocenters. The SMILES string of the molecule is NCCCN(Cc1ccccc1NC(=O)CCC1CCCC1)C(=O)C1CC1. The predicted molar refractivity (Wildman–Crippen MR) is 108 cm³/mol. The Balaban J connectivity index is 1.59. The minimum Gasteiger partial charge on any atom is -0.338 e. The molecule has 0 saturated heterocycles. The van der Waals surface area contributed by atoms with Crippen LogP contribution in [0, 0.1) is 11.8 Å². The van der Waals surface area contributed by atoms with Gasteiger partial charge in [0.2, 0.25) is 11.8 Å². The summed E-state index contributed by atoms with van der Waals surface area (Å²) in [5, 5.41) is 3.08. The van der Waals surface area contributed by atoms with E-state index in [4.69, 9.17) is 5.73 Å². The van der Waals surface area contributed by atoms with Gasteiger partial charge >= 0.3 is 0 Å². The Kier molecular flexibility index (Phi) is 7.27. The maximum atomic E-state index is 12.6. The average molecular weight is 372 g/mol. The zero-order chi connectivity index (χ0) is 19.1. The van der Waals surface area contributed by atoms with E-state index in [9.17, 15) is 9.59 Å². The molecule has 3 rings (SSSR count). The summed E-state index contributed by atoms with van der Waals surface area (Å²) >= 11 is 0. The van der Waals surface area contributed by atoms with Gasteiger partial charge in [0.1, 0.15) is 0 Å². The third-order valence-corrected chi connectivity index (χ3v) is 5.78. The van der Waals surface area contributed by atoms with Gasteiger partial charge in [0.05, 0.1) is 0 Å². The number of nitrogens with zero attached hydrogens (tertiary/aromatic N) is 1. The van der Waals surface area contributed by atoms with Crippen molar-refractivity contribution in [2.24, 2.45) is 17.6 Å². The van der Waals surface area contributed by atoms with Crippen molar-refractivity contribution in [1.82, 2.24) is 4.90 Å². The van der Waals surface area contributed by atoms with Gasteiger partial charge in [-0.25, -0.2) is 0 Å². The van der Waals surface area contributed by atoms with Gasteiger partial charge in [0.15, 0.2) is 0 Å². The van der Waals surface area contributed by atoms with E-state index in [1.165, 1.54) is 25.7 Å². The summed E-state index contributed by atoms with van der Waals surface area (Å²) in [4.78, 5) is 26.9. The first-order chi connectivity index (χ1) is 13.2. The first kappa shape index (κ1) is 19.9. The predicted octanol–water partition coefficient (Wildman–Crippen LogP) is 3.68. The molecule has 0 aliphatic heterocycles. The van der Waals surface area contributed by atoms with Gasteiger partial charge in [-0.05, 0) is 49.8 Å². The molecule has 5 nitrogen and oxygen atoms in total. The Morgan fingerprint density at radius 2 is 1.85 bits per heavy atom. The summed E-state index contributed by atoms with van der Waals surface area (Å²) in [5.74, 6) is 1.21. The van der Waals surface area contributed by atoms with E-state index in [1.807, 2.05) is 29.2 Å². The fourth-order valence-corrected chi connectivity index (χ4v) is 3.97. The maximum absolute atomic E-state index is 12.6. The van der Waals surface area contributed by atoms with Crippen molar-refractivity contribution >= 4 is 17.5 Å². The summed E-state index contributed by atoms with van der Waals surface area (Å²) in [6.45, 7) is 1.79. The summed E-state index contributed by atoms with van der Waals surface area (Å²) in [7, 11) is 0. The van der Waals surface area contributed by atoms with Crippen molar-refractivity contribution in [2.75, 3.05) is 18.4 Å². The van der Waals surface area contributed by atoms with Crippen molar-refractivity contribution in [2.45, 2.75) is 64.3 Å². The molecule has 0 spiro atoms. The summed E-state index contributed by atoms with van der Waals surface area (Å²) in [5.41, 5.74) is 7.47. The number of anilines is 1. The number of benzene rings is 1. The number of carbonyl (C=O) groups excluding carboxylic acids is 2. The van der Waals surface area contributed by atoms with Gasteiger partial charge in [-0.1, -0.05) is 43.9 Å². The third kappa shape index (κ3) is 6.06. The topological polar surface area (TPSA) is 75.4 Å². The molecule has 3 N–H and O–H groups in total. The lowest BCUT2D eigenvalue weighted by Crippen LogP contribution is -2.34. The van der Waals surface area contributed by atoms with Crippen LogP contribution in [0.1, 0.15) is 63.4 Å². The molecule has 27 heavy (non-hydrogen) atoms. The number of para-hydroxylation sites is 1. The van der Waals surface area contributed by atoms with Gasteiger partial charge in [0, 0.05) is 31.1 Å². The van der Waals surface area contributed by atoms with Crippen molar-refractivity contribution in [1.29, 1.82) is 0 Å². The highest BCUT2D eigenvalue weighted by atomic mass is 16.2. The minimum atomic E-state index is 0.0800. The van der Waals surface area contributed by atoms with Gasteiger partial charge in [-0.15, -0.1) is 0 Å². The highest BCUT2D eigenvalue weighted by Crippen LogP contribution is 2.32. The second-order valence-electron chi connectivity index (χ2n) is 8.07. The zero-order valence-electron chi connectivity index (χ0n) is 16.3. The molecule has 2 saturated carbocycles. The standard InChI is InChI=1S/C22H33N3O2/c23-14-5-15-25(22(27)18-11-12-18)16-19-8-3-4-9-20(19)24-21(26)13-10-17-6-1-2-7-17/h3-4,8-9,17-18H,1-2,5-7,10-16,23H2,(H,24,26). The second-order valence-corrected chi connectivity index (χ2v) is 8.07. The highest BCUT2D eigenvalue weighted by molar-refractivity contribution is 5.91. The zero-order valence-corrected chi connectivity index (χ0v) is 16.3. The van der Waals surface area contributed by atoms with Crippen molar-refractivity contribution in [3.05, 3.63) is 29.8 Å². The molecule has 2 aliphatic rings. The largest absolute Gasteiger partial charge is 0.338 e. The van der Waals surface area contributed by atoms with E-state index in [0.29, 0.717) is 32.0 Å². The number of hydrogen-bond donors (Lipinski definition) is 2. The fraction of sp³-hybridized carbons (Fsp3) is 0.636. The molecule has 0 aromatic heterocycles. The van der Waals surface area contributed by atoms with E-state index in [0.717, 1.165) is 36.9 Å². The first-order valence-corrected chi connectivity index (χ1v) is 10.5. The lowest BCUT2D eigenvalue weighted by atomic mass is 10.0. The molecule has 1 aromatic carbocycles. The van der Waals surface area contributed by atoms with Crippen molar-refractivity contribution in [3.8, 4) is 0 Å². The lowest BCUT2D eigenvalue weighted by molar-refractivity contribution is -0.133. The fourth-order valence-electron chi connectivity index (χ4n) is 3.97. The summed E-state index contributed by atoms with van der Waals surface area (Å²) < 4.78 is 0. The van der Waals surface area contributed by atoms with Gasteiger partial charge in [0.25, 0.3) is 0 Å². The van der Waals surface area contributed by atoms with Crippen LogP contribution in [0.25, 0.3) is 0 Å². The molecule has 0 heterocycles. The number of rotatable bonds is 10. The van der Waals surface area contributed by atoms with Crippen molar-refractivity contribution in [3.63, 3.8) is 0 Å². The van der Waals surface area contributed by atoms with E-state index in [2.05, 4.69) is 5.32 Å². The quantitative estimate of drug-likeness (QED) is 0.659. The highest BCUT2D eigenvalue weighted by Gasteiger charge is 2.33. The second kappa shape index (κ2) is 9.88. The molecule has 5 heteroatoms. The average Bonchev–Trinajstić information content (AvgIpc) is 3.40. The first-order valence-electron chi connectivity index (χ1n) is 10.5. The third-order valence-electron chi connectivity index (χ3n) is 5.78. The van der Waals surface area contributed by atoms with Crippen molar-refractivity contribution < 1.29 is 9.59 Å². The lowest BCUT2D eigenvalue weighted by Gasteiger charge is -2.24. The molecule has 2 fully saturated rings. The summed E-state index contributed by atoms with van der Waals surface area (Å²) in [6, 6.07) is 7.84. The molecule has 1 aromatic rings. The van der Waals surface area contributed by atoms with Crippen LogP contribution in [0.4, 0.5) is 5.69 Å². The van der Waals surface area contributed by atoms with E-state index in [1.54, 1.807) is 0 Å². The molecule has 0 atom stereocenters. The number of amides is 2. The van der Waals surface area contributed by atoms with Crippen LogP contribution in [-0.4, -0.2) is 29.8 Å². The van der Waals surface area contributed by atoms with Crippen LogP contribution in [0.2, 0.25) is 0 Å². The van der Waals surface area contributed by atoms with E-state index >= 15 is 0 Å². The Bertz CT molecular complexity index is 636. The maximum Gasteiger partial charge on any atom is 0.225 e. The normalized spacial score (nSPS) is 17.1. The molecule has 2 amide bonds. The van der Waals surface area contributed by atoms with Gasteiger partial charge in [-0.3, -0.25) is 9.59 Å². The number of nitrogens with one attached hydrogen (secondary N) is 1. The van der Waals surface area contributed by atoms with Crippen LogP contribution in [0.15, 0.2) is 24.3 Å². The molecule has 2 aliphatic carbocycles. The smallest absolute Gasteiger partial charge is 0.225 e. The van der Waals surface area contributed by atoms with Crippen LogP contribution in [0.3, 0.4) is 0 Å². The van der Waals surface area contributed by atoms with Crippen LogP contribution < -0.4 is 11.1 Å². The Labute approximate surface area is 162 Å². The number of carbonyl (C=O) groups is 2. The van der Waals surface area contributed by atoms with Crippen LogP contribution >= 0.6 is 0 Å². The monoisotopic (exact) mass is 371 g/mol. The molecular weight excluding hydrogens is 338 g/mol. The number of hydrogen-bond acceptors (Lipinski definition) is 3. The summed E-state index contributed by atoms with van der Waals surface area (Å²) in [6.07, 6.45) is 9.51. The van der Waals surface area contributed by atoms with E-state index < -0.39 is 0 Å². The molecule has 0 radical (unpaired) electrons.